The summed E-state index contributed by atoms with van der Waals surface area (Å²) in [6.07, 6.45) is 0.861. The van der Waals surface area contributed by atoms with Crippen molar-refractivity contribution in [1.29, 1.82) is 0 Å². The lowest BCUT2D eigenvalue weighted by Crippen LogP contribution is -1.96. The maximum atomic E-state index is 9.94. The van der Waals surface area contributed by atoms with Gasteiger partial charge < -0.3 is 9.84 Å². The Bertz CT molecular complexity index is 181. The largest absolute Gasteiger partial charge is 0.472 e. The minimum absolute atomic E-state index is 0.135. The van der Waals surface area contributed by atoms with E-state index in [-0.39, 0.29) is 5.92 Å². The molecule has 1 atom stereocenters. The quantitative estimate of drug-likeness (QED) is 0.486. The van der Waals surface area contributed by atoms with Gasteiger partial charge in [-0.2, -0.15) is 0 Å². The summed E-state index contributed by atoms with van der Waals surface area (Å²) >= 11 is 0. The molecule has 0 saturated carbocycles. The molecular weight excluding hydrogens is 132 g/mol. The van der Waals surface area contributed by atoms with E-state index in [0.717, 1.165) is 6.42 Å². The van der Waals surface area contributed by atoms with Gasteiger partial charge in [-0.3, -0.25) is 0 Å². The van der Waals surface area contributed by atoms with Crippen LogP contribution in [0.3, 0.4) is 0 Å². The molecule has 1 N–H and O–H groups in total. The number of hydrogen-bond donors (Lipinski definition) is 1. The Labute approximate surface area is 59.0 Å². The average molecular weight is 140 g/mol. The van der Waals surface area contributed by atoms with E-state index in [1.165, 1.54) is 0 Å². The summed E-state index contributed by atoms with van der Waals surface area (Å²) in [5.41, 5.74) is 0. The van der Waals surface area contributed by atoms with Crippen molar-refractivity contribution in [3.8, 4) is 11.8 Å². The summed E-state index contributed by atoms with van der Waals surface area (Å²) in [5, 5.41) is 8.16. The highest BCUT2D eigenvalue weighted by Crippen LogP contribution is 2.09. The third kappa shape index (κ3) is 2.08. The normalized spacial score (nSPS) is 23.4. The highest BCUT2D eigenvalue weighted by Gasteiger charge is 2.12. The average Bonchev–Trinajstić information content (AvgIpc) is 2.34. The Hall–Kier alpha value is -1.01. The van der Waals surface area contributed by atoms with E-state index >= 15 is 0 Å². The molecule has 0 radical (unpaired) electrons. The summed E-state index contributed by atoms with van der Waals surface area (Å²) in [7, 11) is 0. The van der Waals surface area contributed by atoms with E-state index in [0.29, 0.717) is 13.2 Å². The van der Waals surface area contributed by atoms with Gasteiger partial charge in [-0.05, 0) is 6.42 Å². The summed E-state index contributed by atoms with van der Waals surface area (Å²) in [4.78, 5) is 9.94. The lowest BCUT2D eigenvalue weighted by molar-refractivity contribution is -0.130. The topological polar surface area (TPSA) is 46.5 Å². The molecular formula is C7H8O3. The van der Waals surface area contributed by atoms with Crippen LogP contribution in [0.5, 0.6) is 0 Å². The number of carbonyl (C=O) groups is 1. The first-order valence-electron chi connectivity index (χ1n) is 3.11. The summed E-state index contributed by atoms with van der Waals surface area (Å²) in [5.74, 6) is 3.75. The molecule has 10 heavy (non-hydrogen) atoms. The van der Waals surface area contributed by atoms with Crippen molar-refractivity contribution in [3.63, 3.8) is 0 Å². The molecule has 3 heteroatoms. The van der Waals surface area contributed by atoms with Crippen molar-refractivity contribution in [2.24, 2.45) is 5.92 Å². The number of carboxylic acid groups (broad SMARTS) is 1. The van der Waals surface area contributed by atoms with Crippen molar-refractivity contribution in [2.45, 2.75) is 6.42 Å². The predicted octanol–water partition coefficient (Wildman–Crippen LogP) is 0.111. The summed E-state index contributed by atoms with van der Waals surface area (Å²) in [6.45, 7) is 1.29. The molecule has 1 unspecified atom stereocenters. The molecule has 0 aromatic rings. The zero-order valence-corrected chi connectivity index (χ0v) is 5.46. The van der Waals surface area contributed by atoms with Gasteiger partial charge in [-0.15, -0.1) is 0 Å². The van der Waals surface area contributed by atoms with E-state index in [4.69, 9.17) is 9.84 Å². The molecule has 0 aliphatic carbocycles. The monoisotopic (exact) mass is 140 g/mol. The lowest BCUT2D eigenvalue weighted by atomic mass is 10.1. The van der Waals surface area contributed by atoms with Gasteiger partial charge in [0.15, 0.2) is 0 Å². The first kappa shape index (κ1) is 7.10. The van der Waals surface area contributed by atoms with Crippen molar-refractivity contribution >= 4 is 5.97 Å². The fourth-order valence-electron chi connectivity index (χ4n) is 0.812. The van der Waals surface area contributed by atoms with Crippen LogP contribution in [0.25, 0.3) is 0 Å². The predicted molar refractivity (Wildman–Crippen MR) is 34.3 cm³/mol. The molecule has 0 amide bonds. The number of carboxylic acids is 1. The highest BCUT2D eigenvalue weighted by atomic mass is 16.5. The highest BCUT2D eigenvalue weighted by molar-refractivity contribution is 5.86. The molecule has 54 valence electrons. The zero-order valence-electron chi connectivity index (χ0n) is 5.46. The third-order valence-corrected chi connectivity index (χ3v) is 1.31. The Kier molecular flexibility index (Phi) is 2.30. The van der Waals surface area contributed by atoms with E-state index in [2.05, 4.69) is 11.8 Å². The van der Waals surface area contributed by atoms with E-state index in [1.54, 1.807) is 0 Å². The van der Waals surface area contributed by atoms with Crippen LogP contribution in [0.15, 0.2) is 0 Å². The van der Waals surface area contributed by atoms with Crippen molar-refractivity contribution in [2.75, 3.05) is 13.2 Å². The van der Waals surface area contributed by atoms with Gasteiger partial charge in [-0.1, -0.05) is 5.92 Å². The smallest absolute Gasteiger partial charge is 0.381 e. The molecule has 0 aromatic carbocycles. The Morgan fingerprint density at radius 1 is 1.70 bits per heavy atom. The number of rotatable bonds is 0. The van der Waals surface area contributed by atoms with Crippen LogP contribution in [0.4, 0.5) is 0 Å². The maximum absolute atomic E-state index is 9.94. The second-order valence-corrected chi connectivity index (χ2v) is 2.14. The standard InChI is InChI=1S/C7H8O3/c8-7(9)2-1-6-3-4-10-5-6/h6H,3-5H2,(H,8,9). The van der Waals surface area contributed by atoms with Gasteiger partial charge in [0.1, 0.15) is 0 Å². The number of hydrogen-bond acceptors (Lipinski definition) is 2. The van der Waals surface area contributed by atoms with Crippen molar-refractivity contribution < 1.29 is 14.6 Å². The van der Waals surface area contributed by atoms with Crippen LogP contribution in [-0.2, 0) is 9.53 Å². The molecule has 1 aliphatic rings. The first-order valence-corrected chi connectivity index (χ1v) is 3.11. The first-order chi connectivity index (χ1) is 4.79. The third-order valence-electron chi connectivity index (χ3n) is 1.31. The Morgan fingerprint density at radius 2 is 2.50 bits per heavy atom. The molecule has 0 bridgehead atoms. The van der Waals surface area contributed by atoms with E-state index in [9.17, 15) is 4.79 Å². The number of ether oxygens (including phenoxy) is 1. The number of aliphatic carboxylic acids is 1. The van der Waals surface area contributed by atoms with E-state index < -0.39 is 5.97 Å². The van der Waals surface area contributed by atoms with Gasteiger partial charge >= 0.3 is 5.97 Å². The van der Waals surface area contributed by atoms with Gasteiger partial charge in [0.25, 0.3) is 0 Å². The fourth-order valence-corrected chi connectivity index (χ4v) is 0.812. The Balaban J connectivity index is 2.38. The zero-order chi connectivity index (χ0) is 7.40. The Morgan fingerprint density at radius 3 is 3.00 bits per heavy atom. The fraction of sp³-hybridized carbons (Fsp3) is 0.571. The van der Waals surface area contributed by atoms with Crippen LogP contribution >= 0.6 is 0 Å². The minimum Gasteiger partial charge on any atom is -0.472 e. The van der Waals surface area contributed by atoms with Gasteiger partial charge in [0.05, 0.1) is 6.61 Å². The SMILES string of the molecule is O=C(O)C#CC1CCOC1. The molecule has 1 fully saturated rings. The second kappa shape index (κ2) is 3.23. The van der Waals surface area contributed by atoms with Crippen LogP contribution in [0.1, 0.15) is 6.42 Å². The van der Waals surface area contributed by atoms with E-state index in [1.807, 2.05) is 0 Å². The maximum Gasteiger partial charge on any atom is 0.381 e. The van der Waals surface area contributed by atoms with Gasteiger partial charge in [-0.25, -0.2) is 4.79 Å². The molecule has 1 saturated heterocycles. The minimum atomic E-state index is -1.06. The van der Waals surface area contributed by atoms with Crippen LogP contribution in [-0.4, -0.2) is 24.3 Å². The lowest BCUT2D eigenvalue weighted by Gasteiger charge is -1.90. The van der Waals surface area contributed by atoms with Gasteiger partial charge in [0.2, 0.25) is 0 Å². The summed E-state index contributed by atoms with van der Waals surface area (Å²) in [6, 6.07) is 0. The molecule has 1 aliphatic heterocycles. The van der Waals surface area contributed by atoms with Crippen LogP contribution in [0, 0.1) is 17.8 Å². The van der Waals surface area contributed by atoms with Gasteiger partial charge in [0, 0.05) is 18.4 Å². The molecule has 0 aromatic heterocycles. The van der Waals surface area contributed by atoms with Crippen molar-refractivity contribution in [1.82, 2.24) is 0 Å². The van der Waals surface area contributed by atoms with Crippen molar-refractivity contribution in [3.05, 3.63) is 0 Å². The molecule has 3 nitrogen and oxygen atoms in total. The second-order valence-electron chi connectivity index (χ2n) is 2.14. The van der Waals surface area contributed by atoms with Crippen LogP contribution < -0.4 is 0 Å². The summed E-state index contributed by atoms with van der Waals surface area (Å²) < 4.78 is 4.99. The van der Waals surface area contributed by atoms with Crippen LogP contribution in [0.2, 0.25) is 0 Å². The molecule has 1 heterocycles. The molecule has 1 rings (SSSR count). The molecule has 0 spiro atoms.